The van der Waals surface area contributed by atoms with E-state index in [1.165, 1.54) is 18.2 Å². The maximum absolute atomic E-state index is 12.2. The van der Waals surface area contributed by atoms with Crippen LogP contribution in [0.3, 0.4) is 0 Å². The number of carboxylic acid groups (broad SMARTS) is 1. The molecule has 0 aliphatic carbocycles. The molecule has 0 spiro atoms. The molecule has 1 unspecified atom stereocenters. The SMILES string of the molecule is Cc1cc([N+](=O)[O-])ccc1C(=O)NC(C(=O)O)C(C)(C)C. The Hall–Kier alpha value is -2.44. The van der Waals surface area contributed by atoms with Gasteiger partial charge in [-0.3, -0.25) is 14.9 Å². The molecule has 1 amide bonds. The van der Waals surface area contributed by atoms with E-state index in [0.717, 1.165) is 0 Å². The number of hydrogen-bond donors (Lipinski definition) is 2. The van der Waals surface area contributed by atoms with E-state index in [2.05, 4.69) is 5.32 Å². The van der Waals surface area contributed by atoms with Crippen molar-refractivity contribution in [1.29, 1.82) is 0 Å². The lowest BCUT2D eigenvalue weighted by Gasteiger charge is -2.27. The summed E-state index contributed by atoms with van der Waals surface area (Å²) in [5.41, 5.74) is -0.138. The smallest absolute Gasteiger partial charge is 0.326 e. The van der Waals surface area contributed by atoms with Crippen molar-refractivity contribution in [2.75, 3.05) is 0 Å². The minimum absolute atomic E-state index is 0.116. The Morgan fingerprint density at radius 3 is 2.29 bits per heavy atom. The Labute approximate surface area is 122 Å². The molecule has 0 saturated heterocycles. The van der Waals surface area contributed by atoms with E-state index in [-0.39, 0.29) is 11.3 Å². The van der Waals surface area contributed by atoms with Gasteiger partial charge in [0, 0.05) is 17.7 Å². The van der Waals surface area contributed by atoms with Gasteiger partial charge in [0.05, 0.1) is 4.92 Å². The summed E-state index contributed by atoms with van der Waals surface area (Å²) in [4.78, 5) is 33.5. The summed E-state index contributed by atoms with van der Waals surface area (Å²) in [5.74, 6) is -1.69. The highest BCUT2D eigenvalue weighted by Crippen LogP contribution is 2.21. The van der Waals surface area contributed by atoms with Gasteiger partial charge in [0.25, 0.3) is 11.6 Å². The van der Waals surface area contributed by atoms with E-state index in [4.69, 9.17) is 0 Å². The second kappa shape index (κ2) is 5.90. The fourth-order valence-electron chi connectivity index (χ4n) is 1.87. The molecule has 1 aromatic rings. The Morgan fingerprint density at radius 2 is 1.90 bits per heavy atom. The van der Waals surface area contributed by atoms with Crippen molar-refractivity contribution in [2.45, 2.75) is 33.7 Å². The third-order valence-corrected chi connectivity index (χ3v) is 3.05. The Kier molecular flexibility index (Phi) is 4.67. The van der Waals surface area contributed by atoms with Crippen molar-refractivity contribution in [3.63, 3.8) is 0 Å². The zero-order chi connectivity index (χ0) is 16.4. The minimum Gasteiger partial charge on any atom is -0.480 e. The van der Waals surface area contributed by atoms with Crippen LogP contribution in [0.2, 0.25) is 0 Å². The highest BCUT2D eigenvalue weighted by Gasteiger charge is 2.33. The average Bonchev–Trinajstić information content (AvgIpc) is 2.33. The van der Waals surface area contributed by atoms with Gasteiger partial charge in [0.1, 0.15) is 6.04 Å². The molecule has 1 atom stereocenters. The number of amides is 1. The first-order valence-electron chi connectivity index (χ1n) is 6.32. The molecule has 0 radical (unpaired) electrons. The van der Waals surface area contributed by atoms with Crippen molar-refractivity contribution < 1.29 is 19.6 Å². The predicted octanol–water partition coefficient (Wildman–Crippen LogP) is 2.13. The first kappa shape index (κ1) is 16.6. The van der Waals surface area contributed by atoms with Crippen LogP contribution in [0.1, 0.15) is 36.7 Å². The lowest BCUT2D eigenvalue weighted by Crippen LogP contribution is -2.49. The van der Waals surface area contributed by atoms with E-state index in [9.17, 15) is 24.8 Å². The topological polar surface area (TPSA) is 110 Å². The van der Waals surface area contributed by atoms with Gasteiger partial charge in [-0.15, -0.1) is 0 Å². The van der Waals surface area contributed by atoms with Gasteiger partial charge in [-0.25, -0.2) is 4.79 Å². The number of rotatable bonds is 4. The molecule has 0 aromatic heterocycles. The molecular formula is C14H18N2O5. The summed E-state index contributed by atoms with van der Waals surface area (Å²) >= 11 is 0. The van der Waals surface area contributed by atoms with Crippen LogP contribution in [0.25, 0.3) is 0 Å². The van der Waals surface area contributed by atoms with Crippen molar-refractivity contribution in [3.05, 3.63) is 39.4 Å². The van der Waals surface area contributed by atoms with Gasteiger partial charge in [0.2, 0.25) is 0 Å². The fourth-order valence-corrected chi connectivity index (χ4v) is 1.87. The summed E-state index contributed by atoms with van der Waals surface area (Å²) in [6.45, 7) is 6.67. The molecule has 0 aliphatic heterocycles. The predicted molar refractivity (Wildman–Crippen MR) is 76.2 cm³/mol. The third kappa shape index (κ3) is 4.01. The number of aliphatic carboxylic acids is 1. The number of aryl methyl sites for hydroxylation is 1. The zero-order valence-corrected chi connectivity index (χ0v) is 12.3. The van der Waals surface area contributed by atoms with E-state index >= 15 is 0 Å². The summed E-state index contributed by atoms with van der Waals surface area (Å²) in [6, 6.07) is 2.76. The van der Waals surface area contributed by atoms with Crippen LogP contribution in [0, 0.1) is 22.5 Å². The van der Waals surface area contributed by atoms with Crippen LogP contribution in [0.15, 0.2) is 18.2 Å². The first-order chi connectivity index (χ1) is 9.54. The molecule has 0 aliphatic rings. The molecule has 1 aromatic carbocycles. The number of hydrogen-bond acceptors (Lipinski definition) is 4. The average molecular weight is 294 g/mol. The molecule has 0 fully saturated rings. The van der Waals surface area contributed by atoms with Crippen molar-refractivity contribution in [1.82, 2.24) is 5.32 Å². The molecule has 0 bridgehead atoms. The standard InChI is InChI=1S/C14H18N2O5/c1-8-7-9(16(20)21)5-6-10(8)12(17)15-11(13(18)19)14(2,3)4/h5-7,11H,1-4H3,(H,15,17)(H,18,19). The van der Waals surface area contributed by atoms with E-state index in [1.54, 1.807) is 27.7 Å². The van der Waals surface area contributed by atoms with Gasteiger partial charge in [-0.2, -0.15) is 0 Å². The quantitative estimate of drug-likeness (QED) is 0.653. The van der Waals surface area contributed by atoms with Gasteiger partial charge >= 0.3 is 5.97 Å². The number of nitro groups is 1. The number of nitrogens with one attached hydrogen (secondary N) is 1. The number of nitrogens with zero attached hydrogens (tertiary/aromatic N) is 1. The molecule has 2 N–H and O–H groups in total. The van der Waals surface area contributed by atoms with Gasteiger partial charge in [0.15, 0.2) is 0 Å². The van der Waals surface area contributed by atoms with Crippen LogP contribution in [-0.4, -0.2) is 27.9 Å². The Balaban J connectivity index is 3.04. The number of carbonyl (C=O) groups is 2. The van der Waals surface area contributed by atoms with Crippen LogP contribution in [0.5, 0.6) is 0 Å². The Morgan fingerprint density at radius 1 is 1.33 bits per heavy atom. The van der Waals surface area contributed by atoms with Crippen LogP contribution < -0.4 is 5.32 Å². The first-order valence-corrected chi connectivity index (χ1v) is 6.32. The molecule has 114 valence electrons. The van der Waals surface area contributed by atoms with Crippen molar-refractivity contribution in [3.8, 4) is 0 Å². The minimum atomic E-state index is -1.13. The monoisotopic (exact) mass is 294 g/mol. The van der Waals surface area contributed by atoms with Crippen LogP contribution in [-0.2, 0) is 4.79 Å². The van der Waals surface area contributed by atoms with Gasteiger partial charge < -0.3 is 10.4 Å². The molecule has 0 heterocycles. The lowest BCUT2D eigenvalue weighted by atomic mass is 9.86. The van der Waals surface area contributed by atoms with E-state index < -0.39 is 28.3 Å². The maximum Gasteiger partial charge on any atom is 0.326 e. The summed E-state index contributed by atoms with van der Waals surface area (Å²) in [7, 11) is 0. The number of non-ortho nitro benzene ring substituents is 1. The highest BCUT2D eigenvalue weighted by atomic mass is 16.6. The zero-order valence-electron chi connectivity index (χ0n) is 12.3. The van der Waals surface area contributed by atoms with Crippen LogP contribution in [0.4, 0.5) is 5.69 Å². The molecule has 0 saturated carbocycles. The lowest BCUT2D eigenvalue weighted by molar-refractivity contribution is -0.384. The van der Waals surface area contributed by atoms with E-state index in [1.807, 2.05) is 0 Å². The third-order valence-electron chi connectivity index (χ3n) is 3.05. The van der Waals surface area contributed by atoms with E-state index in [0.29, 0.717) is 5.56 Å². The fraction of sp³-hybridized carbons (Fsp3) is 0.429. The number of carboxylic acids is 1. The van der Waals surface area contributed by atoms with Crippen molar-refractivity contribution in [2.24, 2.45) is 5.41 Å². The number of nitro benzene ring substituents is 1. The molecular weight excluding hydrogens is 276 g/mol. The maximum atomic E-state index is 12.2. The summed E-state index contributed by atoms with van der Waals surface area (Å²) < 4.78 is 0. The molecule has 7 heteroatoms. The van der Waals surface area contributed by atoms with Gasteiger partial charge in [-0.1, -0.05) is 20.8 Å². The Bertz CT molecular complexity index is 590. The molecule has 1 rings (SSSR count). The molecule has 21 heavy (non-hydrogen) atoms. The second-order valence-electron chi connectivity index (χ2n) is 5.87. The summed E-state index contributed by atoms with van der Waals surface area (Å²) in [5, 5.41) is 22.3. The summed E-state index contributed by atoms with van der Waals surface area (Å²) in [6.07, 6.45) is 0. The number of carbonyl (C=O) groups excluding carboxylic acids is 1. The van der Waals surface area contributed by atoms with Gasteiger partial charge in [-0.05, 0) is 24.0 Å². The second-order valence-corrected chi connectivity index (χ2v) is 5.87. The van der Waals surface area contributed by atoms with Crippen molar-refractivity contribution >= 4 is 17.6 Å². The molecule has 7 nitrogen and oxygen atoms in total. The normalized spacial score (nSPS) is 12.6. The highest BCUT2D eigenvalue weighted by molar-refractivity contribution is 5.98. The largest absolute Gasteiger partial charge is 0.480 e. The van der Waals surface area contributed by atoms with Crippen LogP contribution >= 0.6 is 0 Å². The number of benzene rings is 1.